The van der Waals surface area contributed by atoms with Gasteiger partial charge in [0, 0.05) is 17.8 Å². The van der Waals surface area contributed by atoms with Crippen molar-refractivity contribution in [3.8, 4) is 0 Å². The van der Waals surface area contributed by atoms with E-state index in [1.54, 1.807) is 31.2 Å². The van der Waals surface area contributed by atoms with Gasteiger partial charge in [-0.25, -0.2) is 22.8 Å². The van der Waals surface area contributed by atoms with Gasteiger partial charge >= 0.3 is 11.9 Å². The number of nitro groups is 2. The molecule has 0 heterocycles. The first-order chi connectivity index (χ1) is 18.3. The van der Waals surface area contributed by atoms with Gasteiger partial charge in [-0.3, -0.25) is 20.2 Å². The molecule has 0 spiro atoms. The van der Waals surface area contributed by atoms with Crippen molar-refractivity contribution in [1.82, 2.24) is 0 Å². The number of nitrogens with two attached hydrogens (primary N) is 2. The van der Waals surface area contributed by atoms with Gasteiger partial charge in [0.2, 0.25) is 0 Å². The molecular weight excluding hydrogens is 531 g/mol. The van der Waals surface area contributed by atoms with Crippen molar-refractivity contribution < 1.29 is 42.1 Å². The minimum atomic E-state index is -1.64. The number of rotatable bonds is 6. The van der Waals surface area contributed by atoms with E-state index in [9.17, 15) is 43.0 Å². The fourth-order valence-electron chi connectivity index (χ4n) is 3.08. The van der Waals surface area contributed by atoms with Crippen LogP contribution in [-0.4, -0.2) is 36.0 Å². The predicted octanol–water partition coefficient (Wildman–Crippen LogP) is 4.40. The fraction of sp³-hybridized carbons (Fsp3) is 0.130. The molecule has 0 unspecified atom stereocenters. The number of para-hydroxylation sites is 1. The Kier molecular flexibility index (Phi) is 9.34. The molecule has 0 saturated heterocycles. The largest absolute Gasteiger partial charge is 0.465 e. The Hall–Kier alpha value is -5.41. The van der Waals surface area contributed by atoms with Crippen molar-refractivity contribution in [2.45, 2.75) is 6.92 Å². The van der Waals surface area contributed by atoms with Gasteiger partial charge in [-0.15, -0.1) is 0 Å². The Morgan fingerprint density at radius 2 is 1.28 bits per heavy atom. The summed E-state index contributed by atoms with van der Waals surface area (Å²) >= 11 is 0. The molecule has 0 aliphatic carbocycles. The molecule has 13 nitrogen and oxygen atoms in total. The van der Waals surface area contributed by atoms with Crippen LogP contribution >= 0.6 is 0 Å². The molecule has 0 atom stereocenters. The maximum Gasteiger partial charge on any atom is 0.341 e. The highest BCUT2D eigenvalue weighted by molar-refractivity contribution is 5.99. The van der Waals surface area contributed by atoms with E-state index in [1.807, 2.05) is 0 Å². The number of methoxy groups -OCH3 is 2. The number of nitrogens with zero attached hydrogens (tertiary/aromatic N) is 2. The van der Waals surface area contributed by atoms with Gasteiger partial charge in [0.25, 0.3) is 11.4 Å². The average molecular weight is 551 g/mol. The van der Waals surface area contributed by atoms with E-state index in [0.717, 1.165) is 25.8 Å². The molecule has 3 aromatic rings. The van der Waals surface area contributed by atoms with Crippen molar-refractivity contribution in [2.24, 2.45) is 0 Å². The van der Waals surface area contributed by atoms with Crippen LogP contribution in [0.5, 0.6) is 0 Å². The summed E-state index contributed by atoms with van der Waals surface area (Å²) in [5.41, 5.74) is 7.13. The zero-order valence-electron chi connectivity index (χ0n) is 20.4. The number of halogens is 3. The van der Waals surface area contributed by atoms with Crippen LogP contribution in [0.3, 0.4) is 0 Å². The van der Waals surface area contributed by atoms with Crippen LogP contribution in [0.15, 0.2) is 36.4 Å². The van der Waals surface area contributed by atoms with Crippen LogP contribution in [0.1, 0.15) is 26.3 Å². The molecular formula is C23H20F3N5O8. The molecule has 0 aromatic heterocycles. The highest BCUT2D eigenvalue weighted by Crippen LogP contribution is 2.36. The molecule has 0 fully saturated rings. The lowest BCUT2D eigenvalue weighted by atomic mass is 10.1. The molecule has 0 amide bonds. The van der Waals surface area contributed by atoms with Gasteiger partial charge in [-0.2, -0.15) is 0 Å². The van der Waals surface area contributed by atoms with Crippen LogP contribution in [0.4, 0.5) is 47.3 Å². The van der Waals surface area contributed by atoms with Gasteiger partial charge in [-0.1, -0.05) is 18.2 Å². The predicted molar refractivity (Wildman–Crippen MR) is 132 cm³/mol. The summed E-state index contributed by atoms with van der Waals surface area (Å²) in [5, 5.41) is 24.1. The number of carbonyl (C=O) groups is 2. The number of hydrogen-bond donors (Lipinski definition) is 3. The number of nitrogens with one attached hydrogen (secondary N) is 1. The Labute approximate surface area is 217 Å². The topological polar surface area (TPSA) is 203 Å². The molecule has 0 aliphatic rings. The number of hydrogen-bond acceptors (Lipinski definition) is 11. The summed E-state index contributed by atoms with van der Waals surface area (Å²) in [5.74, 6) is -6.44. The summed E-state index contributed by atoms with van der Waals surface area (Å²) in [7, 11) is 2.03. The number of anilines is 4. The summed E-state index contributed by atoms with van der Waals surface area (Å²) in [6, 6.07) is 8.40. The number of ether oxygens (including phenoxy) is 2. The van der Waals surface area contributed by atoms with Crippen molar-refractivity contribution >= 4 is 46.1 Å². The first kappa shape index (κ1) is 29.8. The van der Waals surface area contributed by atoms with Crippen molar-refractivity contribution in [3.05, 3.63) is 90.8 Å². The second kappa shape index (κ2) is 12.2. The maximum atomic E-state index is 14.5. The average Bonchev–Trinajstić information content (AvgIpc) is 2.90. The molecule has 3 aromatic carbocycles. The fourth-order valence-corrected chi connectivity index (χ4v) is 3.08. The third kappa shape index (κ3) is 6.30. The quantitative estimate of drug-likeness (QED) is 0.169. The van der Waals surface area contributed by atoms with Crippen molar-refractivity contribution in [3.63, 3.8) is 0 Å². The Morgan fingerprint density at radius 1 is 0.821 bits per heavy atom. The highest BCUT2D eigenvalue weighted by atomic mass is 19.2. The number of aryl methyl sites for hydroxylation is 1. The summed E-state index contributed by atoms with van der Waals surface area (Å²) < 4.78 is 49.5. The summed E-state index contributed by atoms with van der Waals surface area (Å²) in [6.07, 6.45) is 0. The Bertz CT molecular complexity index is 1480. The van der Waals surface area contributed by atoms with E-state index in [2.05, 4.69) is 14.8 Å². The van der Waals surface area contributed by atoms with Crippen molar-refractivity contribution in [1.29, 1.82) is 0 Å². The summed E-state index contributed by atoms with van der Waals surface area (Å²) in [6.45, 7) is 1.78. The second-order valence-electron chi connectivity index (χ2n) is 7.47. The van der Waals surface area contributed by atoms with E-state index in [1.165, 1.54) is 0 Å². The van der Waals surface area contributed by atoms with Gasteiger partial charge in [-0.05, 0) is 18.6 Å². The minimum Gasteiger partial charge on any atom is -0.465 e. The van der Waals surface area contributed by atoms with Crippen LogP contribution in [-0.2, 0) is 9.47 Å². The Morgan fingerprint density at radius 3 is 1.77 bits per heavy atom. The highest BCUT2D eigenvalue weighted by Gasteiger charge is 2.28. The first-order valence-corrected chi connectivity index (χ1v) is 10.4. The molecule has 206 valence electrons. The Balaban J connectivity index is 0.000000293. The lowest BCUT2D eigenvalue weighted by Crippen LogP contribution is -2.11. The number of benzene rings is 3. The van der Waals surface area contributed by atoms with E-state index >= 15 is 0 Å². The third-order valence-electron chi connectivity index (χ3n) is 5.11. The summed E-state index contributed by atoms with van der Waals surface area (Å²) in [4.78, 5) is 42.3. The SMILES string of the molecule is COC(=O)c1cc([N+](=O)[O-])c(N)c(F)c1F.COC(=O)c1cc([N+](=O)[O-])c(N)c(F)c1Nc1ccccc1C. The van der Waals surface area contributed by atoms with Gasteiger partial charge in [0.15, 0.2) is 17.5 Å². The third-order valence-corrected chi connectivity index (χ3v) is 5.11. The van der Waals surface area contributed by atoms with E-state index in [-0.39, 0.29) is 11.3 Å². The van der Waals surface area contributed by atoms with E-state index < -0.39 is 67.5 Å². The molecule has 39 heavy (non-hydrogen) atoms. The van der Waals surface area contributed by atoms with Gasteiger partial charge in [0.05, 0.1) is 35.3 Å². The first-order valence-electron chi connectivity index (χ1n) is 10.4. The van der Waals surface area contributed by atoms with Crippen LogP contribution in [0, 0.1) is 44.6 Å². The molecule has 5 N–H and O–H groups in total. The van der Waals surface area contributed by atoms with Crippen LogP contribution in [0.2, 0.25) is 0 Å². The van der Waals surface area contributed by atoms with Crippen LogP contribution in [0.25, 0.3) is 0 Å². The molecule has 0 saturated carbocycles. The number of carbonyl (C=O) groups excluding carboxylic acids is 2. The number of esters is 2. The standard InChI is InChI=1S/C15H14FN3O4.C8H6F2N2O4/c1-8-5-3-4-6-10(8)18-14-9(15(20)23-2)7-11(19(21)22)13(17)12(14)16;1-16-8(13)3-2-4(12(14)15)7(11)6(10)5(3)9/h3-7,18H,17H2,1-2H3;2H,11H2,1H3. The zero-order valence-corrected chi connectivity index (χ0v) is 20.4. The van der Waals surface area contributed by atoms with Crippen LogP contribution < -0.4 is 16.8 Å². The molecule has 3 rings (SSSR count). The minimum absolute atomic E-state index is 0.269. The molecule has 0 bridgehead atoms. The lowest BCUT2D eigenvalue weighted by molar-refractivity contribution is -0.384. The van der Waals surface area contributed by atoms with E-state index in [0.29, 0.717) is 11.8 Å². The van der Waals surface area contributed by atoms with Gasteiger partial charge in [0.1, 0.15) is 16.9 Å². The molecule has 16 heteroatoms. The number of nitro benzene ring substituents is 2. The van der Waals surface area contributed by atoms with E-state index in [4.69, 9.17) is 11.5 Å². The van der Waals surface area contributed by atoms with Crippen molar-refractivity contribution in [2.75, 3.05) is 31.0 Å². The zero-order chi connectivity index (χ0) is 29.6. The lowest BCUT2D eigenvalue weighted by Gasteiger charge is -2.15. The number of nitrogen functional groups attached to an aromatic ring is 2. The monoisotopic (exact) mass is 551 g/mol. The maximum absolute atomic E-state index is 14.5. The smallest absolute Gasteiger partial charge is 0.341 e. The molecule has 0 aliphatic heterocycles. The van der Waals surface area contributed by atoms with Gasteiger partial charge < -0.3 is 26.3 Å². The normalized spacial score (nSPS) is 10.1. The second-order valence-corrected chi connectivity index (χ2v) is 7.47. The molecule has 0 radical (unpaired) electrons.